The third-order valence-corrected chi connectivity index (χ3v) is 5.23. The lowest BCUT2D eigenvalue weighted by atomic mass is 9.95. The van der Waals surface area contributed by atoms with E-state index in [4.69, 9.17) is 4.74 Å². The quantitative estimate of drug-likeness (QED) is 0.372. The molecular formula is C25H30N2O5. The second-order valence-corrected chi connectivity index (χ2v) is 8.44. The molecule has 0 saturated carbocycles. The second-order valence-electron chi connectivity index (χ2n) is 8.44. The number of hydrogen-bond acceptors (Lipinski definition) is 6. The van der Waals surface area contributed by atoms with Gasteiger partial charge in [0, 0.05) is 12.1 Å². The minimum absolute atomic E-state index is 0.00713. The summed E-state index contributed by atoms with van der Waals surface area (Å²) in [6.45, 7) is 4.93. The van der Waals surface area contributed by atoms with E-state index in [0.717, 1.165) is 6.54 Å². The lowest BCUT2D eigenvalue weighted by Gasteiger charge is -2.26. The van der Waals surface area contributed by atoms with E-state index in [1.165, 1.54) is 17.0 Å². The van der Waals surface area contributed by atoms with Crippen LogP contribution in [0.15, 0.2) is 54.1 Å². The zero-order valence-corrected chi connectivity index (χ0v) is 18.9. The van der Waals surface area contributed by atoms with Crippen LogP contribution in [0.3, 0.4) is 0 Å². The van der Waals surface area contributed by atoms with Gasteiger partial charge in [0.25, 0.3) is 11.7 Å². The van der Waals surface area contributed by atoms with E-state index >= 15 is 0 Å². The highest BCUT2D eigenvalue weighted by Crippen LogP contribution is 2.40. The number of aromatic hydroxyl groups is 1. The molecule has 1 fully saturated rings. The van der Waals surface area contributed by atoms with Crippen LogP contribution in [0.5, 0.6) is 11.5 Å². The molecular weight excluding hydrogens is 408 g/mol. The first-order valence-electron chi connectivity index (χ1n) is 10.7. The Bertz CT molecular complexity index is 1010. The smallest absolute Gasteiger partial charge is 0.295 e. The molecule has 7 heteroatoms. The Kier molecular flexibility index (Phi) is 7.20. The third-order valence-electron chi connectivity index (χ3n) is 5.23. The fraction of sp³-hybridized carbons (Fsp3) is 0.360. The Morgan fingerprint density at radius 1 is 1.12 bits per heavy atom. The van der Waals surface area contributed by atoms with Crippen LogP contribution in [0, 0.1) is 0 Å². The number of amides is 1. The van der Waals surface area contributed by atoms with Gasteiger partial charge in [-0.2, -0.15) is 0 Å². The molecule has 2 aromatic rings. The topological polar surface area (TPSA) is 90.3 Å². The molecule has 0 bridgehead atoms. The number of carbonyl (C=O) groups excluding carboxylic acids is 2. The molecule has 0 aromatic heterocycles. The number of hydrogen-bond donors (Lipinski definition) is 2. The van der Waals surface area contributed by atoms with Gasteiger partial charge in [-0.05, 0) is 82.9 Å². The van der Waals surface area contributed by atoms with E-state index in [9.17, 15) is 19.8 Å². The largest absolute Gasteiger partial charge is 0.508 e. The number of carbonyl (C=O) groups is 2. The maximum absolute atomic E-state index is 13.0. The van der Waals surface area contributed by atoms with E-state index in [0.29, 0.717) is 29.8 Å². The minimum Gasteiger partial charge on any atom is -0.508 e. The summed E-state index contributed by atoms with van der Waals surface area (Å²) in [5, 5.41) is 21.1. The molecule has 170 valence electrons. The number of likely N-dealkylation sites (tertiary alicyclic amines) is 1. The van der Waals surface area contributed by atoms with Crippen molar-refractivity contribution in [2.45, 2.75) is 32.4 Å². The van der Waals surface area contributed by atoms with Crippen molar-refractivity contribution < 1.29 is 24.5 Å². The third kappa shape index (κ3) is 5.11. The van der Waals surface area contributed by atoms with E-state index < -0.39 is 17.7 Å². The van der Waals surface area contributed by atoms with Crippen LogP contribution < -0.4 is 4.74 Å². The predicted octanol–water partition coefficient (Wildman–Crippen LogP) is 3.55. The normalized spacial score (nSPS) is 18.1. The zero-order chi connectivity index (χ0) is 23.4. The van der Waals surface area contributed by atoms with Crippen LogP contribution in [-0.2, 0) is 9.59 Å². The van der Waals surface area contributed by atoms with Crippen LogP contribution in [-0.4, -0.2) is 65.0 Å². The van der Waals surface area contributed by atoms with Crippen molar-refractivity contribution in [1.29, 1.82) is 0 Å². The number of aliphatic hydroxyl groups is 1. The summed E-state index contributed by atoms with van der Waals surface area (Å²) in [6, 6.07) is 12.4. The maximum Gasteiger partial charge on any atom is 0.295 e. The first-order valence-corrected chi connectivity index (χ1v) is 10.7. The lowest BCUT2D eigenvalue weighted by Crippen LogP contribution is -2.32. The highest BCUT2D eigenvalue weighted by molar-refractivity contribution is 6.46. The van der Waals surface area contributed by atoms with Crippen molar-refractivity contribution in [3.05, 3.63) is 65.2 Å². The Morgan fingerprint density at radius 2 is 1.81 bits per heavy atom. The molecule has 0 spiro atoms. The lowest BCUT2D eigenvalue weighted by molar-refractivity contribution is -0.139. The van der Waals surface area contributed by atoms with Crippen LogP contribution in [0.2, 0.25) is 0 Å². The summed E-state index contributed by atoms with van der Waals surface area (Å²) in [5.74, 6) is -0.966. The number of rotatable bonds is 8. The Hall–Kier alpha value is -3.32. The molecule has 1 aliphatic rings. The number of Topliss-reactive ketones (excluding diaryl/α,β-unsaturated/α-hetero) is 1. The van der Waals surface area contributed by atoms with E-state index in [1.54, 1.807) is 36.4 Å². The number of benzene rings is 2. The van der Waals surface area contributed by atoms with Gasteiger partial charge in [-0.25, -0.2) is 0 Å². The Morgan fingerprint density at radius 3 is 2.41 bits per heavy atom. The van der Waals surface area contributed by atoms with Gasteiger partial charge in [0.1, 0.15) is 17.3 Å². The van der Waals surface area contributed by atoms with Gasteiger partial charge in [0.05, 0.1) is 17.7 Å². The average molecular weight is 439 g/mol. The number of phenols is 1. The van der Waals surface area contributed by atoms with E-state index in [-0.39, 0.29) is 23.2 Å². The summed E-state index contributed by atoms with van der Waals surface area (Å²) in [6.07, 6.45) is 0.670. The van der Waals surface area contributed by atoms with E-state index in [1.807, 2.05) is 32.8 Å². The van der Waals surface area contributed by atoms with Crippen LogP contribution >= 0.6 is 0 Å². The molecule has 2 N–H and O–H groups in total. The summed E-state index contributed by atoms with van der Waals surface area (Å²) < 4.78 is 5.64. The highest BCUT2D eigenvalue weighted by Gasteiger charge is 2.45. The average Bonchev–Trinajstić information content (AvgIpc) is 2.98. The fourth-order valence-electron chi connectivity index (χ4n) is 3.83. The van der Waals surface area contributed by atoms with Gasteiger partial charge in [0.2, 0.25) is 0 Å². The first-order chi connectivity index (χ1) is 15.2. The molecule has 0 radical (unpaired) electrons. The molecule has 1 unspecified atom stereocenters. The van der Waals surface area contributed by atoms with Crippen molar-refractivity contribution in [2.75, 3.05) is 27.2 Å². The van der Waals surface area contributed by atoms with Gasteiger partial charge in [-0.1, -0.05) is 12.1 Å². The van der Waals surface area contributed by atoms with Crippen molar-refractivity contribution in [1.82, 2.24) is 9.80 Å². The van der Waals surface area contributed by atoms with Gasteiger partial charge in [-0.15, -0.1) is 0 Å². The predicted molar refractivity (Wildman–Crippen MR) is 122 cm³/mol. The Labute approximate surface area is 188 Å². The standard InChI is InChI=1S/C25H30N2O5/c1-16(2)32-20-11-9-17(10-12-20)23(29)21-22(18-7-5-8-19(28)15-18)27(25(31)24(21)30)14-6-13-26(3)4/h5,7-12,15-16,22,28-29H,6,13-14H2,1-4H3/b23-21-. The Balaban J connectivity index is 2.04. The van der Waals surface area contributed by atoms with Gasteiger partial charge >= 0.3 is 0 Å². The van der Waals surface area contributed by atoms with Crippen molar-refractivity contribution in [3.8, 4) is 11.5 Å². The first kappa shape index (κ1) is 23.3. The number of ketones is 1. The minimum atomic E-state index is -0.782. The summed E-state index contributed by atoms with van der Waals surface area (Å²) in [5.41, 5.74) is 0.996. The molecule has 2 aromatic carbocycles. The van der Waals surface area contributed by atoms with Crippen LogP contribution in [0.25, 0.3) is 5.76 Å². The van der Waals surface area contributed by atoms with Crippen molar-refractivity contribution >= 4 is 17.4 Å². The monoisotopic (exact) mass is 438 g/mol. The van der Waals surface area contributed by atoms with Gasteiger partial charge in [-0.3, -0.25) is 9.59 Å². The van der Waals surface area contributed by atoms with Crippen LogP contribution in [0.1, 0.15) is 37.4 Å². The molecule has 1 saturated heterocycles. The SMILES string of the molecule is CC(C)Oc1ccc(/C(O)=C2/C(=O)C(=O)N(CCCN(C)C)C2c2cccc(O)c2)cc1. The molecule has 32 heavy (non-hydrogen) atoms. The van der Waals surface area contributed by atoms with Gasteiger partial charge < -0.3 is 24.7 Å². The number of ether oxygens (including phenoxy) is 1. The molecule has 3 rings (SSSR count). The zero-order valence-electron chi connectivity index (χ0n) is 18.9. The molecule has 1 heterocycles. The van der Waals surface area contributed by atoms with Crippen molar-refractivity contribution in [3.63, 3.8) is 0 Å². The molecule has 0 aliphatic carbocycles. The number of nitrogens with zero attached hydrogens (tertiary/aromatic N) is 2. The highest BCUT2D eigenvalue weighted by atomic mass is 16.5. The summed E-state index contributed by atoms with van der Waals surface area (Å²) >= 11 is 0. The summed E-state index contributed by atoms with van der Waals surface area (Å²) in [4.78, 5) is 29.4. The van der Waals surface area contributed by atoms with Crippen LogP contribution in [0.4, 0.5) is 0 Å². The molecule has 1 atom stereocenters. The number of aliphatic hydroxyl groups excluding tert-OH is 1. The molecule has 1 aliphatic heterocycles. The molecule has 7 nitrogen and oxygen atoms in total. The second kappa shape index (κ2) is 9.87. The summed E-state index contributed by atoms with van der Waals surface area (Å²) in [7, 11) is 3.88. The van der Waals surface area contributed by atoms with Gasteiger partial charge in [0.15, 0.2) is 0 Å². The maximum atomic E-state index is 13.0. The van der Waals surface area contributed by atoms with E-state index in [2.05, 4.69) is 0 Å². The van der Waals surface area contributed by atoms with Crippen molar-refractivity contribution in [2.24, 2.45) is 0 Å². The molecule has 1 amide bonds. The number of phenolic OH excluding ortho intramolecular Hbond substituents is 1. The fourth-order valence-corrected chi connectivity index (χ4v) is 3.83.